The molecule has 10 heteroatoms. The highest BCUT2D eigenvalue weighted by Crippen LogP contribution is 2.24. The van der Waals surface area contributed by atoms with Gasteiger partial charge in [-0.2, -0.15) is 0 Å². The SMILES string of the molecule is CCS(=O)(=O)NCCC(=O)N1CCC([C@H](N)Cc2cc(F)c(F)cc2F)CC1. The van der Waals surface area contributed by atoms with Gasteiger partial charge in [0.15, 0.2) is 11.6 Å². The van der Waals surface area contributed by atoms with Gasteiger partial charge in [0.25, 0.3) is 0 Å². The van der Waals surface area contributed by atoms with E-state index in [4.69, 9.17) is 5.73 Å². The Morgan fingerprint density at radius 1 is 1.21 bits per heavy atom. The van der Waals surface area contributed by atoms with E-state index in [1.54, 1.807) is 4.90 Å². The standard InChI is InChI=1S/C18H26F3N3O3S/c1-2-28(26,27)23-6-3-18(25)24-7-4-12(5-8-24)17(22)10-13-9-15(20)16(21)11-14(13)19/h9,11-12,17,23H,2-8,10,22H2,1H3/t17-/m1/s1. The number of hydrogen-bond donors (Lipinski definition) is 2. The van der Waals surface area contributed by atoms with Crippen molar-refractivity contribution in [1.82, 2.24) is 9.62 Å². The van der Waals surface area contributed by atoms with Crippen LogP contribution in [0.4, 0.5) is 13.2 Å². The van der Waals surface area contributed by atoms with Gasteiger partial charge >= 0.3 is 0 Å². The summed E-state index contributed by atoms with van der Waals surface area (Å²) >= 11 is 0. The van der Waals surface area contributed by atoms with Crippen molar-refractivity contribution in [3.8, 4) is 0 Å². The summed E-state index contributed by atoms with van der Waals surface area (Å²) in [5.74, 6) is -3.32. The molecule has 1 aromatic carbocycles. The van der Waals surface area contributed by atoms with E-state index >= 15 is 0 Å². The molecule has 1 aromatic rings. The van der Waals surface area contributed by atoms with Crippen molar-refractivity contribution in [2.24, 2.45) is 11.7 Å². The lowest BCUT2D eigenvalue weighted by Gasteiger charge is -2.35. The topological polar surface area (TPSA) is 92.5 Å². The number of likely N-dealkylation sites (tertiary alicyclic amines) is 1. The first-order chi connectivity index (χ1) is 13.1. The number of nitrogens with zero attached hydrogens (tertiary/aromatic N) is 1. The monoisotopic (exact) mass is 421 g/mol. The number of sulfonamides is 1. The Hall–Kier alpha value is -1.65. The van der Waals surface area contributed by atoms with Crippen molar-refractivity contribution >= 4 is 15.9 Å². The van der Waals surface area contributed by atoms with Gasteiger partial charge in [-0.1, -0.05) is 0 Å². The quantitative estimate of drug-likeness (QED) is 0.623. The van der Waals surface area contributed by atoms with E-state index < -0.39 is 33.5 Å². The zero-order valence-corrected chi connectivity index (χ0v) is 16.6. The van der Waals surface area contributed by atoms with Gasteiger partial charge in [-0.05, 0) is 43.7 Å². The Labute approximate surface area is 163 Å². The Bertz CT molecular complexity index is 797. The molecular weight excluding hydrogens is 395 g/mol. The zero-order chi connectivity index (χ0) is 20.9. The van der Waals surface area contributed by atoms with Crippen LogP contribution in [0.5, 0.6) is 0 Å². The molecule has 0 bridgehead atoms. The smallest absolute Gasteiger partial charge is 0.223 e. The predicted molar refractivity (Wildman–Crippen MR) is 99.4 cm³/mol. The van der Waals surface area contributed by atoms with Gasteiger partial charge in [0, 0.05) is 38.2 Å². The van der Waals surface area contributed by atoms with Gasteiger partial charge in [0.2, 0.25) is 15.9 Å². The molecule has 1 fully saturated rings. The summed E-state index contributed by atoms with van der Waals surface area (Å²) in [6.07, 6.45) is 1.38. The molecule has 28 heavy (non-hydrogen) atoms. The Kier molecular flexibility index (Phi) is 7.85. The Morgan fingerprint density at radius 3 is 2.43 bits per heavy atom. The molecule has 0 spiro atoms. The number of halogens is 3. The minimum Gasteiger partial charge on any atom is -0.343 e. The molecular formula is C18H26F3N3O3S. The zero-order valence-electron chi connectivity index (χ0n) is 15.8. The van der Waals surface area contributed by atoms with Gasteiger partial charge < -0.3 is 10.6 Å². The second kappa shape index (κ2) is 9.71. The second-order valence-electron chi connectivity index (χ2n) is 6.99. The third-order valence-electron chi connectivity index (χ3n) is 5.08. The second-order valence-corrected chi connectivity index (χ2v) is 9.09. The van der Waals surface area contributed by atoms with Crippen LogP contribution in [-0.2, 0) is 21.2 Å². The minimum atomic E-state index is -3.32. The third-order valence-corrected chi connectivity index (χ3v) is 6.49. The molecule has 6 nitrogen and oxygen atoms in total. The first-order valence-corrected chi connectivity index (χ1v) is 10.9. The maximum atomic E-state index is 13.8. The van der Waals surface area contributed by atoms with Crippen LogP contribution in [0, 0.1) is 23.4 Å². The van der Waals surface area contributed by atoms with Crippen molar-refractivity contribution in [2.75, 3.05) is 25.4 Å². The highest BCUT2D eigenvalue weighted by atomic mass is 32.2. The van der Waals surface area contributed by atoms with Gasteiger partial charge in [-0.25, -0.2) is 26.3 Å². The number of carbonyl (C=O) groups is 1. The van der Waals surface area contributed by atoms with Crippen LogP contribution >= 0.6 is 0 Å². The van der Waals surface area contributed by atoms with E-state index in [-0.39, 0.29) is 42.5 Å². The molecule has 1 amide bonds. The van der Waals surface area contributed by atoms with Crippen molar-refractivity contribution in [3.05, 3.63) is 35.1 Å². The van der Waals surface area contributed by atoms with Crippen molar-refractivity contribution in [2.45, 2.75) is 38.6 Å². The molecule has 0 unspecified atom stereocenters. The van der Waals surface area contributed by atoms with Crippen LogP contribution in [-0.4, -0.2) is 50.7 Å². The van der Waals surface area contributed by atoms with Crippen LogP contribution in [0.25, 0.3) is 0 Å². The lowest BCUT2D eigenvalue weighted by molar-refractivity contribution is -0.132. The Morgan fingerprint density at radius 2 is 1.82 bits per heavy atom. The first kappa shape index (κ1) is 22.6. The fraction of sp³-hybridized carbons (Fsp3) is 0.611. The normalized spacial score (nSPS) is 17.0. The molecule has 0 aromatic heterocycles. The molecule has 3 N–H and O–H groups in total. The van der Waals surface area contributed by atoms with E-state index in [1.165, 1.54) is 6.92 Å². The number of amides is 1. The van der Waals surface area contributed by atoms with E-state index in [9.17, 15) is 26.4 Å². The number of nitrogens with two attached hydrogens (primary N) is 1. The van der Waals surface area contributed by atoms with Gasteiger partial charge in [0.1, 0.15) is 5.82 Å². The molecule has 1 saturated heterocycles. The lowest BCUT2D eigenvalue weighted by atomic mass is 9.86. The fourth-order valence-electron chi connectivity index (χ4n) is 3.29. The molecule has 0 radical (unpaired) electrons. The van der Waals surface area contributed by atoms with E-state index in [0.29, 0.717) is 32.0 Å². The number of piperidine rings is 1. The summed E-state index contributed by atoms with van der Waals surface area (Å²) in [7, 11) is -3.32. The van der Waals surface area contributed by atoms with Crippen LogP contribution in [0.15, 0.2) is 12.1 Å². The number of hydrogen-bond acceptors (Lipinski definition) is 4. The maximum Gasteiger partial charge on any atom is 0.223 e. The molecule has 0 aliphatic carbocycles. The van der Waals surface area contributed by atoms with E-state index in [2.05, 4.69) is 4.72 Å². The van der Waals surface area contributed by atoms with Crippen LogP contribution < -0.4 is 10.5 Å². The highest BCUT2D eigenvalue weighted by molar-refractivity contribution is 7.89. The van der Waals surface area contributed by atoms with E-state index in [1.807, 2.05) is 0 Å². The maximum absolute atomic E-state index is 13.8. The fourth-order valence-corrected chi connectivity index (χ4v) is 3.91. The molecule has 1 aliphatic rings. The van der Waals surface area contributed by atoms with E-state index in [0.717, 1.165) is 6.07 Å². The summed E-state index contributed by atoms with van der Waals surface area (Å²) in [5.41, 5.74) is 6.17. The average molecular weight is 421 g/mol. The third kappa shape index (κ3) is 6.18. The summed E-state index contributed by atoms with van der Waals surface area (Å²) < 4.78 is 65.2. The van der Waals surface area contributed by atoms with Gasteiger partial charge in [0.05, 0.1) is 5.75 Å². The summed E-state index contributed by atoms with van der Waals surface area (Å²) in [6.45, 7) is 2.52. The molecule has 1 atom stereocenters. The number of rotatable bonds is 8. The predicted octanol–water partition coefficient (Wildman–Crippen LogP) is 1.54. The van der Waals surface area contributed by atoms with Crippen molar-refractivity contribution in [1.29, 1.82) is 0 Å². The van der Waals surface area contributed by atoms with Crippen LogP contribution in [0.1, 0.15) is 31.7 Å². The molecule has 2 rings (SSSR count). The van der Waals surface area contributed by atoms with Crippen molar-refractivity contribution < 1.29 is 26.4 Å². The lowest BCUT2D eigenvalue weighted by Crippen LogP contribution is -2.44. The summed E-state index contributed by atoms with van der Waals surface area (Å²) in [6, 6.07) is 0.916. The molecule has 1 aliphatic heterocycles. The number of carbonyl (C=O) groups excluding carboxylic acids is 1. The first-order valence-electron chi connectivity index (χ1n) is 9.27. The van der Waals surface area contributed by atoms with Crippen LogP contribution in [0.2, 0.25) is 0 Å². The minimum absolute atomic E-state index is 0.0233. The molecule has 1 heterocycles. The summed E-state index contributed by atoms with van der Waals surface area (Å²) in [4.78, 5) is 13.8. The number of benzene rings is 1. The van der Waals surface area contributed by atoms with Gasteiger partial charge in [-0.15, -0.1) is 0 Å². The van der Waals surface area contributed by atoms with Crippen LogP contribution in [0.3, 0.4) is 0 Å². The largest absolute Gasteiger partial charge is 0.343 e. The van der Waals surface area contributed by atoms with Crippen molar-refractivity contribution in [3.63, 3.8) is 0 Å². The Balaban J connectivity index is 1.81. The molecule has 158 valence electrons. The van der Waals surface area contributed by atoms with Gasteiger partial charge in [-0.3, -0.25) is 4.79 Å². The molecule has 0 saturated carbocycles. The highest BCUT2D eigenvalue weighted by Gasteiger charge is 2.27. The summed E-state index contributed by atoms with van der Waals surface area (Å²) in [5, 5.41) is 0. The average Bonchev–Trinajstić information content (AvgIpc) is 2.66. The number of nitrogens with one attached hydrogen (secondary N) is 1.